The first-order chi connectivity index (χ1) is 7.54. The molecule has 0 aliphatic carbocycles. The molecule has 4 nitrogen and oxygen atoms in total. The van der Waals surface area contributed by atoms with E-state index in [1.54, 1.807) is 0 Å². The third-order valence-corrected chi connectivity index (χ3v) is 3.15. The number of aliphatic carboxylic acids is 1. The van der Waals surface area contributed by atoms with Crippen LogP contribution in [-0.2, 0) is 4.79 Å². The molecule has 0 radical (unpaired) electrons. The standard InChI is InChI=1S/C12H26N2O2/c1-5-11(4)14(10-12(15)16)9-8-13(6-2)7-3/h11H,5-10H2,1-4H3,(H,15,16). The molecule has 0 amide bonds. The summed E-state index contributed by atoms with van der Waals surface area (Å²) in [6, 6.07) is 0.340. The van der Waals surface area contributed by atoms with Gasteiger partial charge in [0.15, 0.2) is 0 Å². The lowest BCUT2D eigenvalue weighted by molar-refractivity contribution is -0.138. The molecule has 0 aliphatic heterocycles. The maximum absolute atomic E-state index is 10.8. The maximum Gasteiger partial charge on any atom is 0.317 e. The second kappa shape index (κ2) is 8.53. The third-order valence-electron chi connectivity index (χ3n) is 3.15. The smallest absolute Gasteiger partial charge is 0.317 e. The molecule has 0 aromatic rings. The summed E-state index contributed by atoms with van der Waals surface area (Å²) in [4.78, 5) is 15.1. The fraction of sp³-hybridized carbons (Fsp3) is 0.917. The van der Waals surface area contributed by atoms with Crippen LogP contribution in [0.1, 0.15) is 34.1 Å². The van der Waals surface area contributed by atoms with E-state index in [1.807, 2.05) is 4.90 Å². The molecule has 4 heteroatoms. The summed E-state index contributed by atoms with van der Waals surface area (Å²) >= 11 is 0. The number of nitrogens with zero attached hydrogens (tertiary/aromatic N) is 2. The Morgan fingerprint density at radius 2 is 1.75 bits per heavy atom. The summed E-state index contributed by atoms with van der Waals surface area (Å²) in [5, 5.41) is 8.85. The van der Waals surface area contributed by atoms with E-state index in [0.717, 1.165) is 32.6 Å². The van der Waals surface area contributed by atoms with E-state index in [-0.39, 0.29) is 6.54 Å². The first-order valence-corrected chi connectivity index (χ1v) is 6.23. The average Bonchev–Trinajstić information content (AvgIpc) is 2.27. The highest BCUT2D eigenvalue weighted by atomic mass is 16.4. The number of rotatable bonds is 9. The van der Waals surface area contributed by atoms with Crippen molar-refractivity contribution >= 4 is 5.97 Å². The Hall–Kier alpha value is -0.610. The van der Waals surface area contributed by atoms with Crippen LogP contribution in [0.3, 0.4) is 0 Å². The van der Waals surface area contributed by atoms with E-state index in [4.69, 9.17) is 5.11 Å². The molecule has 0 rings (SSSR count). The predicted molar refractivity (Wildman–Crippen MR) is 66.7 cm³/mol. The number of carbonyl (C=O) groups is 1. The van der Waals surface area contributed by atoms with E-state index in [9.17, 15) is 4.79 Å². The summed E-state index contributed by atoms with van der Waals surface area (Å²) in [5.74, 6) is -0.736. The van der Waals surface area contributed by atoms with Crippen LogP contribution in [0.4, 0.5) is 0 Å². The second-order valence-corrected chi connectivity index (χ2v) is 4.15. The number of likely N-dealkylation sites (N-methyl/N-ethyl adjacent to an activating group) is 1. The molecule has 1 unspecified atom stereocenters. The van der Waals surface area contributed by atoms with Crippen molar-refractivity contribution in [1.82, 2.24) is 9.80 Å². The highest BCUT2D eigenvalue weighted by Gasteiger charge is 2.15. The van der Waals surface area contributed by atoms with E-state index < -0.39 is 5.97 Å². The van der Waals surface area contributed by atoms with Crippen molar-refractivity contribution in [1.29, 1.82) is 0 Å². The number of carboxylic acid groups (broad SMARTS) is 1. The van der Waals surface area contributed by atoms with Gasteiger partial charge in [-0.2, -0.15) is 0 Å². The fourth-order valence-corrected chi connectivity index (χ4v) is 1.70. The Labute approximate surface area is 99.2 Å². The minimum atomic E-state index is -0.736. The minimum Gasteiger partial charge on any atom is -0.480 e. The van der Waals surface area contributed by atoms with Crippen LogP contribution in [-0.4, -0.2) is 59.6 Å². The second-order valence-electron chi connectivity index (χ2n) is 4.15. The summed E-state index contributed by atoms with van der Waals surface area (Å²) < 4.78 is 0. The van der Waals surface area contributed by atoms with E-state index >= 15 is 0 Å². The van der Waals surface area contributed by atoms with Crippen LogP contribution < -0.4 is 0 Å². The molecule has 16 heavy (non-hydrogen) atoms. The van der Waals surface area contributed by atoms with Crippen molar-refractivity contribution in [3.8, 4) is 0 Å². The van der Waals surface area contributed by atoms with E-state index in [2.05, 4.69) is 32.6 Å². The fourth-order valence-electron chi connectivity index (χ4n) is 1.70. The van der Waals surface area contributed by atoms with Gasteiger partial charge < -0.3 is 10.0 Å². The van der Waals surface area contributed by atoms with E-state index in [0.29, 0.717) is 6.04 Å². The van der Waals surface area contributed by atoms with Gasteiger partial charge in [0.1, 0.15) is 0 Å². The van der Waals surface area contributed by atoms with Crippen LogP contribution >= 0.6 is 0 Å². The van der Waals surface area contributed by atoms with Crippen molar-refractivity contribution in [2.45, 2.75) is 40.2 Å². The molecule has 0 aliphatic rings. The zero-order chi connectivity index (χ0) is 12.6. The van der Waals surface area contributed by atoms with Gasteiger partial charge in [-0.1, -0.05) is 20.8 Å². The van der Waals surface area contributed by atoms with Gasteiger partial charge in [-0.25, -0.2) is 0 Å². The van der Waals surface area contributed by atoms with E-state index in [1.165, 1.54) is 0 Å². The zero-order valence-corrected chi connectivity index (χ0v) is 11.1. The monoisotopic (exact) mass is 230 g/mol. The number of hydrogen-bond acceptors (Lipinski definition) is 3. The van der Waals surface area contributed by atoms with Crippen molar-refractivity contribution in [3.63, 3.8) is 0 Å². The minimum absolute atomic E-state index is 0.149. The Morgan fingerprint density at radius 3 is 2.12 bits per heavy atom. The van der Waals surface area contributed by atoms with Crippen molar-refractivity contribution in [2.75, 3.05) is 32.7 Å². The van der Waals surface area contributed by atoms with Gasteiger partial charge in [0, 0.05) is 19.1 Å². The average molecular weight is 230 g/mol. The molecule has 0 spiro atoms. The van der Waals surface area contributed by atoms with Gasteiger partial charge in [0.05, 0.1) is 6.54 Å². The molecule has 1 atom stereocenters. The first-order valence-electron chi connectivity index (χ1n) is 6.23. The molecule has 0 saturated carbocycles. The highest BCUT2D eigenvalue weighted by molar-refractivity contribution is 5.69. The summed E-state index contributed by atoms with van der Waals surface area (Å²) in [6.45, 7) is 12.4. The van der Waals surface area contributed by atoms with Crippen molar-refractivity contribution in [2.24, 2.45) is 0 Å². The predicted octanol–water partition coefficient (Wildman–Crippen LogP) is 1.51. The molecule has 0 heterocycles. The Bertz CT molecular complexity index is 193. The molecule has 0 aromatic carbocycles. The van der Waals surface area contributed by atoms with Gasteiger partial charge in [0.2, 0.25) is 0 Å². The van der Waals surface area contributed by atoms with Crippen LogP contribution in [0, 0.1) is 0 Å². The van der Waals surface area contributed by atoms with Crippen molar-refractivity contribution < 1.29 is 9.90 Å². The van der Waals surface area contributed by atoms with Crippen LogP contribution in [0.25, 0.3) is 0 Å². The van der Waals surface area contributed by atoms with Crippen LogP contribution in [0.2, 0.25) is 0 Å². The number of carboxylic acids is 1. The van der Waals surface area contributed by atoms with Gasteiger partial charge in [-0.15, -0.1) is 0 Å². The molecular formula is C12H26N2O2. The topological polar surface area (TPSA) is 43.8 Å². The SMILES string of the molecule is CCC(C)N(CCN(CC)CC)CC(=O)O. The lowest BCUT2D eigenvalue weighted by Gasteiger charge is -2.29. The van der Waals surface area contributed by atoms with Gasteiger partial charge in [0.25, 0.3) is 0 Å². The van der Waals surface area contributed by atoms with Gasteiger partial charge in [-0.05, 0) is 26.4 Å². The molecule has 0 bridgehead atoms. The first kappa shape index (κ1) is 15.4. The Kier molecular flexibility index (Phi) is 8.21. The quantitative estimate of drug-likeness (QED) is 0.652. The van der Waals surface area contributed by atoms with Crippen LogP contribution in [0.5, 0.6) is 0 Å². The Morgan fingerprint density at radius 1 is 1.19 bits per heavy atom. The largest absolute Gasteiger partial charge is 0.480 e. The summed E-state index contributed by atoms with van der Waals surface area (Å²) in [5.41, 5.74) is 0. The maximum atomic E-state index is 10.8. The Balaban J connectivity index is 4.14. The molecule has 0 aromatic heterocycles. The molecule has 0 saturated heterocycles. The molecular weight excluding hydrogens is 204 g/mol. The highest BCUT2D eigenvalue weighted by Crippen LogP contribution is 2.03. The lowest BCUT2D eigenvalue weighted by atomic mass is 10.2. The summed E-state index contributed by atoms with van der Waals surface area (Å²) in [6.07, 6.45) is 0.992. The zero-order valence-electron chi connectivity index (χ0n) is 11.1. The normalized spacial score (nSPS) is 13.4. The third kappa shape index (κ3) is 6.08. The summed E-state index contributed by atoms with van der Waals surface area (Å²) in [7, 11) is 0. The van der Waals surface area contributed by atoms with Gasteiger partial charge in [-0.3, -0.25) is 9.69 Å². The molecule has 96 valence electrons. The molecule has 0 fully saturated rings. The molecule has 1 N–H and O–H groups in total. The number of hydrogen-bond donors (Lipinski definition) is 1. The van der Waals surface area contributed by atoms with Gasteiger partial charge >= 0.3 is 5.97 Å². The van der Waals surface area contributed by atoms with Crippen molar-refractivity contribution in [3.05, 3.63) is 0 Å². The van der Waals surface area contributed by atoms with Crippen LogP contribution in [0.15, 0.2) is 0 Å². The lowest BCUT2D eigenvalue weighted by Crippen LogP contribution is -2.42.